The van der Waals surface area contributed by atoms with Gasteiger partial charge in [-0.2, -0.15) is 0 Å². The number of hydrogen-bond donors (Lipinski definition) is 6. The van der Waals surface area contributed by atoms with Gasteiger partial charge in [0.05, 0.1) is 6.54 Å². The largest absolute Gasteiger partial charge is 0.481 e. The van der Waals surface area contributed by atoms with Crippen molar-refractivity contribution in [2.75, 3.05) is 40.8 Å². The minimum Gasteiger partial charge on any atom is -0.481 e. The van der Waals surface area contributed by atoms with E-state index in [1.807, 2.05) is 0 Å². The number of esters is 1. The van der Waals surface area contributed by atoms with Crippen LogP contribution in [0.4, 0.5) is 0 Å². The van der Waals surface area contributed by atoms with Crippen LogP contribution in [0, 0.1) is 23.7 Å². The highest BCUT2D eigenvalue weighted by Crippen LogP contribution is 2.26. The van der Waals surface area contributed by atoms with E-state index in [0.717, 1.165) is 14.7 Å². The number of carboxylic acid groups (broad SMARTS) is 1. The first kappa shape index (κ1) is 66.4. The predicted molar refractivity (Wildman–Crippen MR) is 296 cm³/mol. The monoisotopic (exact) mass is 1140 g/mol. The molecule has 450 valence electrons. The predicted octanol–water partition coefficient (Wildman–Crippen LogP) is 1.11. The number of primary amides is 1. The van der Waals surface area contributed by atoms with Crippen molar-refractivity contribution in [3.8, 4) is 0 Å². The van der Waals surface area contributed by atoms with Crippen LogP contribution in [-0.2, 0) is 68.7 Å². The van der Waals surface area contributed by atoms with E-state index in [1.165, 1.54) is 30.9 Å². The summed E-state index contributed by atoms with van der Waals surface area (Å²) in [7, 11) is 3.96. The lowest BCUT2D eigenvalue weighted by Gasteiger charge is -2.40. The third-order valence-electron chi connectivity index (χ3n) is 16.1. The molecule has 3 fully saturated rings. The van der Waals surface area contributed by atoms with E-state index in [9.17, 15) is 62.6 Å². The van der Waals surface area contributed by atoms with Gasteiger partial charge in [0.15, 0.2) is 6.10 Å². The Kier molecular flexibility index (Phi) is 25.1. The van der Waals surface area contributed by atoms with Gasteiger partial charge in [0.1, 0.15) is 48.3 Å². The highest BCUT2D eigenvalue weighted by Gasteiger charge is 2.45. The molecule has 3 saturated heterocycles. The number of amides is 10. The number of piperidine rings is 1. The van der Waals surface area contributed by atoms with Gasteiger partial charge >= 0.3 is 11.9 Å². The van der Waals surface area contributed by atoms with E-state index < -0.39 is 169 Å². The summed E-state index contributed by atoms with van der Waals surface area (Å²) in [6, 6.07) is -1.65. The molecule has 1 aromatic carbocycles. The summed E-state index contributed by atoms with van der Waals surface area (Å²) in [5.41, 5.74) is 6.20. The van der Waals surface area contributed by atoms with Gasteiger partial charge < -0.3 is 61.3 Å². The molecule has 4 rings (SSSR count). The number of nitrogens with zero attached hydrogens (tertiary/aromatic N) is 5. The van der Waals surface area contributed by atoms with E-state index in [1.54, 1.807) is 85.7 Å². The van der Waals surface area contributed by atoms with Gasteiger partial charge in [-0.15, -0.1) is 0 Å². The normalized spacial score (nSPS) is 27.0. The van der Waals surface area contributed by atoms with Gasteiger partial charge in [0.2, 0.25) is 53.2 Å². The molecule has 0 saturated carbocycles. The van der Waals surface area contributed by atoms with Crippen LogP contribution < -0.4 is 27.0 Å². The van der Waals surface area contributed by atoms with Crippen molar-refractivity contribution in [1.82, 2.24) is 45.8 Å². The third kappa shape index (κ3) is 17.4. The average Bonchev–Trinajstić information content (AvgIpc) is 3.96. The minimum atomic E-state index is -1.60. The van der Waals surface area contributed by atoms with Crippen LogP contribution in [0.3, 0.4) is 0 Å². The maximum Gasteiger partial charge on any atom is 0.329 e. The van der Waals surface area contributed by atoms with Gasteiger partial charge in [0.25, 0.3) is 5.91 Å². The van der Waals surface area contributed by atoms with Crippen molar-refractivity contribution in [3.63, 3.8) is 0 Å². The van der Waals surface area contributed by atoms with E-state index in [0.29, 0.717) is 31.2 Å². The molecule has 11 atom stereocenters. The molecule has 3 heterocycles. The molecule has 0 aliphatic carbocycles. The fourth-order valence-corrected chi connectivity index (χ4v) is 10.7. The van der Waals surface area contributed by atoms with Crippen LogP contribution in [0.5, 0.6) is 0 Å². The van der Waals surface area contributed by atoms with Crippen molar-refractivity contribution >= 4 is 71.0 Å². The molecule has 3 aliphatic rings. The summed E-state index contributed by atoms with van der Waals surface area (Å²) in [6.45, 7) is 13.2. The number of hydrogen-bond acceptors (Lipinski definition) is 13. The number of nitrogens with one attached hydrogen (secondary N) is 4. The number of aliphatic carboxylic acids is 1. The van der Waals surface area contributed by atoms with Crippen LogP contribution >= 0.6 is 0 Å². The molecule has 81 heavy (non-hydrogen) atoms. The summed E-state index contributed by atoms with van der Waals surface area (Å²) in [5, 5.41) is 20.8. The Morgan fingerprint density at radius 3 is 1.79 bits per heavy atom. The van der Waals surface area contributed by atoms with E-state index >= 15 is 0 Å². The van der Waals surface area contributed by atoms with Crippen molar-refractivity contribution in [2.45, 2.75) is 187 Å². The summed E-state index contributed by atoms with van der Waals surface area (Å²) < 4.78 is 5.97. The molecular weight excluding hydrogens is 1050 g/mol. The molecule has 0 radical (unpaired) electrons. The lowest BCUT2D eigenvalue weighted by molar-refractivity contribution is -0.167. The molecule has 24 nitrogen and oxygen atoms in total. The highest BCUT2D eigenvalue weighted by molar-refractivity contribution is 5.99. The molecule has 3 aliphatic heterocycles. The number of ether oxygens (including phenoxy) is 1. The number of rotatable bonds is 14. The first-order valence-corrected chi connectivity index (χ1v) is 28.5. The van der Waals surface area contributed by atoms with E-state index in [2.05, 4.69) is 21.3 Å². The van der Waals surface area contributed by atoms with Crippen LogP contribution in [0.1, 0.15) is 132 Å². The van der Waals surface area contributed by atoms with E-state index in [-0.39, 0.29) is 51.6 Å². The topological polar surface area (TPSA) is 325 Å². The number of nitrogens with two attached hydrogens (primary N) is 1. The van der Waals surface area contributed by atoms with Gasteiger partial charge in [-0.05, 0) is 74.7 Å². The van der Waals surface area contributed by atoms with Crippen LogP contribution in [0.15, 0.2) is 30.3 Å². The molecule has 7 N–H and O–H groups in total. The first-order chi connectivity index (χ1) is 38.2. The Hall–Kier alpha value is -7.14. The van der Waals surface area contributed by atoms with Crippen molar-refractivity contribution in [1.29, 1.82) is 0 Å². The number of cyclic esters (lactones) is 1. The van der Waals surface area contributed by atoms with Crippen LogP contribution in [-0.4, -0.2) is 196 Å². The van der Waals surface area contributed by atoms with Crippen molar-refractivity contribution in [3.05, 3.63) is 35.9 Å². The Morgan fingerprint density at radius 2 is 1.20 bits per heavy atom. The Labute approximate surface area is 475 Å². The highest BCUT2D eigenvalue weighted by atomic mass is 16.6. The second kappa shape index (κ2) is 30.6. The summed E-state index contributed by atoms with van der Waals surface area (Å²) in [4.78, 5) is 176. The number of likely N-dealkylation sites (N-methyl/N-ethyl adjacent to an activating group) is 3. The third-order valence-corrected chi connectivity index (χ3v) is 16.1. The lowest BCUT2D eigenvalue weighted by Crippen LogP contribution is -2.63. The van der Waals surface area contributed by atoms with Crippen LogP contribution in [0.25, 0.3) is 0 Å². The smallest absolute Gasteiger partial charge is 0.329 e. The Balaban J connectivity index is 1.87. The Morgan fingerprint density at radius 1 is 0.630 bits per heavy atom. The molecule has 0 bridgehead atoms. The lowest BCUT2D eigenvalue weighted by atomic mass is 9.93. The number of carbonyl (C=O) groups excluding carboxylic acids is 11. The van der Waals surface area contributed by atoms with E-state index in [4.69, 9.17) is 10.5 Å². The molecule has 0 aromatic heterocycles. The maximum absolute atomic E-state index is 14.9. The summed E-state index contributed by atoms with van der Waals surface area (Å²) in [6.07, 6.45) is -0.910. The van der Waals surface area contributed by atoms with Gasteiger partial charge in [-0.1, -0.05) is 92.1 Å². The number of fused-ring (bicyclic) bond motifs is 2. The zero-order valence-electron chi connectivity index (χ0n) is 49.1. The zero-order chi connectivity index (χ0) is 60.6. The average molecular weight is 1140 g/mol. The standard InChI is InChI=1S/C57H88N10O14/c1-12-34(7)46-55(78)67-28-18-17-22-40(67)51(74)61-45(32(3)4)54(77)64(10)41(25-27-44(70)71)57(80)81-48(35(8)13-2)52(75)60-37(30-36-20-15-14-16-21-36)53(76)66-29-19-23-39(66)49(72)59-31-43(69)65(11)47(33(5)6)56(79)63(9)38(50(73)62-46)24-26-42(58)68/h14-16,20-21,32-35,37-41,45-48H,12-13,17-19,22-31H2,1-11H3,(H2,58,68)(H,59,72)(H,60,75)(H,61,74)(H,62,73)(H,70,71)/t34-,35?,37-,38-,39-,40-,41-,45-,46-,47-,48-/m0/s1. The molecule has 24 heteroatoms. The molecule has 1 aromatic rings. The summed E-state index contributed by atoms with van der Waals surface area (Å²) in [5.74, 6) is -12.2. The fraction of sp³-hybridized carbons (Fsp3) is 0.684. The number of benzene rings is 1. The number of carbonyl (C=O) groups is 12. The molecule has 0 spiro atoms. The van der Waals surface area contributed by atoms with Gasteiger partial charge in [-0.3, -0.25) is 52.7 Å². The molecule has 10 amide bonds. The number of carboxylic acids is 1. The molecule has 1 unspecified atom stereocenters. The van der Waals surface area contributed by atoms with Gasteiger partial charge in [0, 0.05) is 59.4 Å². The van der Waals surface area contributed by atoms with Crippen molar-refractivity contribution < 1.29 is 67.4 Å². The molecular formula is C57H88N10O14. The second-order valence-electron chi connectivity index (χ2n) is 22.6. The SMILES string of the molecule is CCC(C)[C@@H]1OC(=O)[C@H](CCC(=O)O)N(C)C(=O)[C@H](C(C)C)NC(=O)[C@@H]2CCCCN2C(=O)[C@H]([C@@H](C)CC)NC(=O)[C@H](CCC(N)=O)N(C)C(=O)[C@H](C(C)C)N(C)C(=O)CNC(=O)[C@@H]2CCCN2C(=O)[C@H](Cc2ccccc2)NC1=O. The fourth-order valence-electron chi connectivity index (χ4n) is 10.7. The van der Waals surface area contributed by atoms with Crippen LogP contribution in [0.2, 0.25) is 0 Å². The maximum atomic E-state index is 14.9. The van der Waals surface area contributed by atoms with Gasteiger partial charge in [-0.25, -0.2) is 4.79 Å². The quantitative estimate of drug-likeness (QED) is 0.142. The second-order valence-corrected chi connectivity index (χ2v) is 22.6. The Bertz CT molecular complexity index is 2440. The first-order valence-electron chi connectivity index (χ1n) is 28.5. The van der Waals surface area contributed by atoms with Crippen molar-refractivity contribution in [2.24, 2.45) is 29.4 Å². The summed E-state index contributed by atoms with van der Waals surface area (Å²) >= 11 is 0. The minimum absolute atomic E-state index is 0.0587. The zero-order valence-corrected chi connectivity index (χ0v) is 49.1.